The fourth-order valence-corrected chi connectivity index (χ4v) is 2.08. The maximum absolute atomic E-state index is 8.92. The lowest BCUT2D eigenvalue weighted by atomic mass is 10.1. The van der Waals surface area contributed by atoms with E-state index >= 15 is 0 Å². The van der Waals surface area contributed by atoms with Crippen LogP contribution in [0.1, 0.15) is 23.7 Å². The molecule has 0 aliphatic heterocycles. The number of aromatic nitrogens is 2. The maximum atomic E-state index is 8.92. The van der Waals surface area contributed by atoms with Gasteiger partial charge in [-0.05, 0) is 31.7 Å². The molecule has 4 heteroatoms. The molecular weight excluding hydrogens is 248 g/mol. The van der Waals surface area contributed by atoms with Gasteiger partial charge in [-0.15, -0.1) is 0 Å². The SMILES string of the molecule is CC(Cc1cnccn1)N(C)Cc1cccc(C#N)c1. The summed E-state index contributed by atoms with van der Waals surface area (Å²) in [4.78, 5) is 10.6. The molecule has 1 atom stereocenters. The van der Waals surface area contributed by atoms with E-state index in [9.17, 15) is 0 Å². The summed E-state index contributed by atoms with van der Waals surface area (Å²) in [5.41, 5.74) is 2.85. The quantitative estimate of drug-likeness (QED) is 0.834. The van der Waals surface area contributed by atoms with E-state index < -0.39 is 0 Å². The van der Waals surface area contributed by atoms with Gasteiger partial charge in [-0.25, -0.2) is 0 Å². The van der Waals surface area contributed by atoms with E-state index in [1.54, 1.807) is 18.6 Å². The third-order valence-corrected chi connectivity index (χ3v) is 3.36. The maximum Gasteiger partial charge on any atom is 0.0991 e. The van der Waals surface area contributed by atoms with Gasteiger partial charge in [0, 0.05) is 37.6 Å². The molecule has 2 rings (SSSR count). The number of nitriles is 1. The van der Waals surface area contributed by atoms with Crippen molar-refractivity contribution in [3.05, 3.63) is 59.7 Å². The van der Waals surface area contributed by atoms with Crippen LogP contribution >= 0.6 is 0 Å². The van der Waals surface area contributed by atoms with Gasteiger partial charge < -0.3 is 0 Å². The van der Waals surface area contributed by atoms with Crippen LogP contribution in [0.3, 0.4) is 0 Å². The molecule has 0 saturated heterocycles. The van der Waals surface area contributed by atoms with Gasteiger partial charge in [0.05, 0.1) is 17.3 Å². The van der Waals surface area contributed by atoms with Crippen LogP contribution in [0, 0.1) is 11.3 Å². The van der Waals surface area contributed by atoms with Crippen molar-refractivity contribution in [3.8, 4) is 6.07 Å². The molecule has 1 aromatic carbocycles. The minimum Gasteiger partial charge on any atom is -0.299 e. The summed E-state index contributed by atoms with van der Waals surface area (Å²) in [6, 6.07) is 10.3. The molecule has 4 nitrogen and oxygen atoms in total. The molecule has 0 spiro atoms. The van der Waals surface area contributed by atoms with Crippen molar-refractivity contribution in [2.45, 2.75) is 25.9 Å². The summed E-state index contributed by atoms with van der Waals surface area (Å²) >= 11 is 0. The number of hydrogen-bond donors (Lipinski definition) is 0. The molecule has 0 fully saturated rings. The number of rotatable bonds is 5. The first-order valence-corrected chi connectivity index (χ1v) is 6.63. The van der Waals surface area contributed by atoms with Gasteiger partial charge >= 0.3 is 0 Å². The Kier molecular flexibility index (Phi) is 4.80. The molecule has 0 aliphatic rings. The second-order valence-corrected chi connectivity index (χ2v) is 4.98. The van der Waals surface area contributed by atoms with E-state index in [1.165, 1.54) is 0 Å². The van der Waals surface area contributed by atoms with Crippen LogP contribution in [0.25, 0.3) is 0 Å². The lowest BCUT2D eigenvalue weighted by Gasteiger charge is -2.24. The van der Waals surface area contributed by atoms with Gasteiger partial charge in [0.1, 0.15) is 0 Å². The predicted octanol–water partition coefficient (Wildman–Crippen LogP) is 2.41. The predicted molar refractivity (Wildman–Crippen MR) is 77.8 cm³/mol. The molecule has 102 valence electrons. The highest BCUT2D eigenvalue weighted by Crippen LogP contribution is 2.11. The van der Waals surface area contributed by atoms with Gasteiger partial charge in [0.25, 0.3) is 0 Å². The third-order valence-electron chi connectivity index (χ3n) is 3.36. The summed E-state index contributed by atoms with van der Waals surface area (Å²) in [7, 11) is 2.08. The Balaban J connectivity index is 1.97. The Morgan fingerprint density at radius 1 is 1.35 bits per heavy atom. The largest absolute Gasteiger partial charge is 0.299 e. The Morgan fingerprint density at radius 2 is 2.20 bits per heavy atom. The van der Waals surface area contributed by atoms with Crippen LogP contribution in [0.2, 0.25) is 0 Å². The summed E-state index contributed by atoms with van der Waals surface area (Å²) in [6.45, 7) is 2.99. The van der Waals surface area contributed by atoms with E-state index in [1.807, 2.05) is 24.3 Å². The van der Waals surface area contributed by atoms with Crippen molar-refractivity contribution in [2.75, 3.05) is 7.05 Å². The standard InChI is InChI=1S/C16H18N4/c1-13(8-16-11-18-6-7-19-16)20(2)12-15-5-3-4-14(9-15)10-17/h3-7,9,11,13H,8,12H2,1-2H3. The lowest BCUT2D eigenvalue weighted by Crippen LogP contribution is -2.30. The Hall–Kier alpha value is -2.25. The van der Waals surface area contributed by atoms with Crippen LogP contribution in [0.5, 0.6) is 0 Å². The van der Waals surface area contributed by atoms with Crippen molar-refractivity contribution in [2.24, 2.45) is 0 Å². The summed E-state index contributed by atoms with van der Waals surface area (Å²) < 4.78 is 0. The van der Waals surface area contributed by atoms with Crippen molar-refractivity contribution < 1.29 is 0 Å². The Morgan fingerprint density at radius 3 is 2.90 bits per heavy atom. The molecule has 0 amide bonds. The molecule has 20 heavy (non-hydrogen) atoms. The Bertz CT molecular complexity index is 589. The monoisotopic (exact) mass is 266 g/mol. The van der Waals surface area contributed by atoms with Gasteiger partial charge in [-0.1, -0.05) is 12.1 Å². The first-order chi connectivity index (χ1) is 9.69. The molecular formula is C16H18N4. The molecule has 0 radical (unpaired) electrons. The summed E-state index contributed by atoms with van der Waals surface area (Å²) in [6.07, 6.45) is 6.08. The van der Waals surface area contributed by atoms with E-state index in [0.717, 1.165) is 24.2 Å². The third kappa shape index (κ3) is 3.87. The van der Waals surface area contributed by atoms with Gasteiger partial charge in [-0.2, -0.15) is 5.26 Å². The van der Waals surface area contributed by atoms with E-state index in [-0.39, 0.29) is 0 Å². The van der Waals surface area contributed by atoms with Gasteiger partial charge in [0.2, 0.25) is 0 Å². The topological polar surface area (TPSA) is 52.8 Å². The minimum atomic E-state index is 0.359. The second-order valence-electron chi connectivity index (χ2n) is 4.98. The summed E-state index contributed by atoms with van der Waals surface area (Å²) in [5, 5.41) is 8.92. The number of benzene rings is 1. The molecule has 1 unspecified atom stereocenters. The first kappa shape index (κ1) is 14.2. The van der Waals surface area contributed by atoms with Crippen LogP contribution in [0.15, 0.2) is 42.9 Å². The zero-order valence-corrected chi connectivity index (χ0v) is 11.8. The average molecular weight is 266 g/mol. The number of hydrogen-bond acceptors (Lipinski definition) is 4. The molecule has 1 aromatic heterocycles. The van der Waals surface area contributed by atoms with Crippen molar-refractivity contribution in [3.63, 3.8) is 0 Å². The van der Waals surface area contributed by atoms with E-state index in [2.05, 4.69) is 34.9 Å². The molecule has 0 saturated carbocycles. The zero-order valence-electron chi connectivity index (χ0n) is 11.8. The fourth-order valence-electron chi connectivity index (χ4n) is 2.08. The fraction of sp³-hybridized carbons (Fsp3) is 0.312. The van der Waals surface area contributed by atoms with E-state index in [4.69, 9.17) is 5.26 Å². The molecule has 0 aliphatic carbocycles. The van der Waals surface area contributed by atoms with Crippen LogP contribution in [-0.4, -0.2) is 28.0 Å². The van der Waals surface area contributed by atoms with Crippen LogP contribution < -0.4 is 0 Å². The lowest BCUT2D eigenvalue weighted by molar-refractivity contribution is 0.246. The molecule has 0 N–H and O–H groups in total. The zero-order chi connectivity index (χ0) is 14.4. The highest BCUT2D eigenvalue weighted by molar-refractivity contribution is 5.32. The smallest absolute Gasteiger partial charge is 0.0991 e. The van der Waals surface area contributed by atoms with Gasteiger partial charge in [0.15, 0.2) is 0 Å². The molecule has 1 heterocycles. The number of likely N-dealkylation sites (N-methyl/N-ethyl adjacent to an activating group) is 1. The summed E-state index contributed by atoms with van der Waals surface area (Å²) in [5.74, 6) is 0. The minimum absolute atomic E-state index is 0.359. The van der Waals surface area contributed by atoms with E-state index in [0.29, 0.717) is 11.6 Å². The van der Waals surface area contributed by atoms with Crippen molar-refractivity contribution in [1.29, 1.82) is 5.26 Å². The van der Waals surface area contributed by atoms with Crippen LogP contribution in [-0.2, 0) is 13.0 Å². The van der Waals surface area contributed by atoms with Crippen molar-refractivity contribution in [1.82, 2.24) is 14.9 Å². The highest BCUT2D eigenvalue weighted by Gasteiger charge is 2.11. The van der Waals surface area contributed by atoms with Crippen LogP contribution in [0.4, 0.5) is 0 Å². The van der Waals surface area contributed by atoms with Gasteiger partial charge in [-0.3, -0.25) is 14.9 Å². The first-order valence-electron chi connectivity index (χ1n) is 6.63. The highest BCUT2D eigenvalue weighted by atomic mass is 15.1. The molecule has 2 aromatic rings. The normalized spacial score (nSPS) is 12.1. The average Bonchev–Trinajstić information content (AvgIpc) is 2.48. The molecule has 0 bridgehead atoms. The Labute approximate surface area is 119 Å². The van der Waals surface area contributed by atoms with Crippen molar-refractivity contribution >= 4 is 0 Å². The second kappa shape index (κ2) is 6.78. The number of nitrogens with zero attached hydrogens (tertiary/aromatic N) is 4.